The maximum absolute atomic E-state index is 13.0. The van der Waals surface area contributed by atoms with E-state index in [9.17, 15) is 19.5 Å². The number of hydrogen-bond acceptors (Lipinski definition) is 6. The molecule has 0 fully saturated rings. The van der Waals surface area contributed by atoms with Crippen LogP contribution in [0.3, 0.4) is 0 Å². The Hall–Kier alpha value is -4.17. The number of amides is 1. The number of carbonyl (C=O) groups is 3. The van der Waals surface area contributed by atoms with Crippen molar-refractivity contribution in [2.24, 2.45) is 5.10 Å². The molecule has 3 aromatic rings. The molecule has 0 aliphatic carbocycles. The smallest absolute Gasteiger partial charge is 0.338 e. The monoisotopic (exact) mass is 462 g/mol. The Morgan fingerprint density at radius 2 is 1.97 bits per heavy atom. The molecule has 164 valence electrons. The van der Waals surface area contributed by atoms with E-state index in [1.807, 2.05) is 6.07 Å². The number of cyclic esters (lactones) is 1. The quantitative estimate of drug-likeness (QED) is 0.441. The van der Waals surface area contributed by atoms with Crippen molar-refractivity contribution in [3.63, 3.8) is 0 Å². The van der Waals surface area contributed by atoms with Crippen LogP contribution in [0, 0.1) is 0 Å². The van der Waals surface area contributed by atoms with Gasteiger partial charge in [0.15, 0.2) is 0 Å². The molecule has 1 amide bonds. The number of furan rings is 1. The van der Waals surface area contributed by atoms with Gasteiger partial charge in [-0.05, 0) is 55.5 Å². The molecule has 0 saturated heterocycles. The fraction of sp³-hybridized carbons (Fsp3) is 0.0833. The van der Waals surface area contributed by atoms with Gasteiger partial charge in [0.1, 0.15) is 18.1 Å². The standard InChI is InChI=1S/C24H15ClN2O6/c1-12-18(22(28)27(26-12)15-3-6-20(25)19(9-15)23(29)30)10-16-4-7-21(33-16)13-2-5-17-14(8-13)11-32-24(17)31/h2-10H,11H2,1H3,(H,29,30). The number of benzene rings is 2. The molecule has 0 saturated carbocycles. The number of ether oxygens (including phenoxy) is 1. The van der Waals surface area contributed by atoms with Gasteiger partial charge in [-0.25, -0.2) is 9.59 Å². The Morgan fingerprint density at radius 3 is 2.76 bits per heavy atom. The second-order valence-electron chi connectivity index (χ2n) is 7.48. The van der Waals surface area contributed by atoms with Crippen LogP contribution in [0.15, 0.2) is 63.6 Å². The van der Waals surface area contributed by atoms with Gasteiger partial charge in [-0.2, -0.15) is 10.1 Å². The highest BCUT2D eigenvalue weighted by atomic mass is 35.5. The first-order chi connectivity index (χ1) is 15.8. The molecule has 3 heterocycles. The number of anilines is 1. The van der Waals surface area contributed by atoms with Crippen LogP contribution < -0.4 is 5.01 Å². The number of halogens is 1. The second-order valence-corrected chi connectivity index (χ2v) is 7.89. The highest BCUT2D eigenvalue weighted by Gasteiger charge is 2.30. The third kappa shape index (κ3) is 3.60. The first-order valence-electron chi connectivity index (χ1n) is 9.86. The largest absolute Gasteiger partial charge is 0.478 e. The van der Waals surface area contributed by atoms with Gasteiger partial charge in [0, 0.05) is 11.1 Å². The maximum Gasteiger partial charge on any atom is 0.338 e. The first-order valence-corrected chi connectivity index (χ1v) is 10.2. The maximum atomic E-state index is 13.0. The minimum absolute atomic E-state index is 0.0694. The van der Waals surface area contributed by atoms with Crippen LogP contribution in [0.5, 0.6) is 0 Å². The van der Waals surface area contributed by atoms with Crippen LogP contribution in [-0.2, 0) is 16.1 Å². The molecule has 33 heavy (non-hydrogen) atoms. The molecular formula is C24H15ClN2O6. The van der Waals surface area contributed by atoms with Crippen molar-refractivity contribution in [1.29, 1.82) is 0 Å². The first kappa shape index (κ1) is 20.7. The zero-order valence-corrected chi connectivity index (χ0v) is 17.9. The van der Waals surface area contributed by atoms with Crippen molar-refractivity contribution in [2.45, 2.75) is 13.5 Å². The van der Waals surface area contributed by atoms with E-state index in [-0.39, 0.29) is 23.2 Å². The minimum atomic E-state index is -1.20. The zero-order chi connectivity index (χ0) is 23.3. The van der Waals surface area contributed by atoms with Gasteiger partial charge in [-0.1, -0.05) is 17.7 Å². The van der Waals surface area contributed by atoms with Crippen LogP contribution >= 0.6 is 11.6 Å². The number of rotatable bonds is 4. The van der Waals surface area contributed by atoms with E-state index in [4.69, 9.17) is 20.8 Å². The van der Waals surface area contributed by atoms with Crippen LogP contribution in [0.2, 0.25) is 5.02 Å². The molecule has 2 aliphatic rings. The average Bonchev–Trinajstić information content (AvgIpc) is 3.48. The van der Waals surface area contributed by atoms with E-state index in [1.165, 1.54) is 18.2 Å². The summed E-state index contributed by atoms with van der Waals surface area (Å²) in [5.41, 5.74) is 3.06. The van der Waals surface area contributed by atoms with Crippen LogP contribution in [-0.4, -0.2) is 28.7 Å². The topological polar surface area (TPSA) is 109 Å². The highest BCUT2D eigenvalue weighted by Crippen LogP contribution is 2.31. The Kier molecular flexibility index (Phi) is 4.87. The number of carboxylic acid groups (broad SMARTS) is 1. The number of esters is 1. The molecule has 2 aromatic carbocycles. The Labute approximate surface area is 192 Å². The van der Waals surface area contributed by atoms with Crippen molar-refractivity contribution in [2.75, 3.05) is 5.01 Å². The Balaban J connectivity index is 1.42. The molecular weight excluding hydrogens is 448 g/mol. The highest BCUT2D eigenvalue weighted by molar-refractivity contribution is 6.34. The number of fused-ring (bicyclic) bond motifs is 1. The van der Waals surface area contributed by atoms with Crippen LogP contribution in [0.1, 0.15) is 39.0 Å². The van der Waals surface area contributed by atoms with Crippen LogP contribution in [0.25, 0.3) is 17.4 Å². The molecule has 1 aromatic heterocycles. The number of hydrogen-bond donors (Lipinski definition) is 1. The van der Waals surface area contributed by atoms with E-state index < -0.39 is 11.9 Å². The number of aromatic carboxylic acids is 1. The lowest BCUT2D eigenvalue weighted by Crippen LogP contribution is -2.21. The summed E-state index contributed by atoms with van der Waals surface area (Å²) in [6, 6.07) is 13.1. The SMILES string of the molecule is CC1=NN(c2ccc(Cl)c(C(=O)O)c2)C(=O)C1=Cc1ccc(-c2ccc3c(c2)COC3=O)o1. The number of nitrogens with zero attached hydrogens (tertiary/aromatic N) is 2. The lowest BCUT2D eigenvalue weighted by molar-refractivity contribution is -0.114. The predicted molar refractivity (Wildman–Crippen MR) is 120 cm³/mol. The summed E-state index contributed by atoms with van der Waals surface area (Å²) in [5, 5.41) is 14.8. The zero-order valence-electron chi connectivity index (χ0n) is 17.2. The summed E-state index contributed by atoms with van der Waals surface area (Å²) in [4.78, 5) is 36.0. The van der Waals surface area contributed by atoms with Gasteiger partial charge in [0.25, 0.3) is 5.91 Å². The van der Waals surface area contributed by atoms with Gasteiger partial charge in [0.05, 0.1) is 33.1 Å². The lowest BCUT2D eigenvalue weighted by atomic mass is 10.0. The number of hydrazone groups is 1. The lowest BCUT2D eigenvalue weighted by Gasteiger charge is -2.12. The van der Waals surface area contributed by atoms with Gasteiger partial charge >= 0.3 is 11.9 Å². The van der Waals surface area contributed by atoms with Crippen molar-refractivity contribution in [1.82, 2.24) is 0 Å². The second kappa shape index (κ2) is 7.75. The van der Waals surface area contributed by atoms with Gasteiger partial charge in [0.2, 0.25) is 0 Å². The summed E-state index contributed by atoms with van der Waals surface area (Å²) in [6.45, 7) is 1.91. The van der Waals surface area contributed by atoms with Crippen LogP contribution in [0.4, 0.5) is 5.69 Å². The van der Waals surface area contributed by atoms with Gasteiger partial charge in [-0.3, -0.25) is 4.79 Å². The van der Waals surface area contributed by atoms with E-state index in [0.29, 0.717) is 34.1 Å². The minimum Gasteiger partial charge on any atom is -0.478 e. The van der Waals surface area contributed by atoms with Crippen molar-refractivity contribution in [3.05, 3.63) is 81.6 Å². The molecule has 0 radical (unpaired) electrons. The summed E-state index contributed by atoms with van der Waals surface area (Å²) in [6.07, 6.45) is 1.58. The molecule has 9 heteroatoms. The van der Waals surface area contributed by atoms with E-state index in [1.54, 1.807) is 37.3 Å². The molecule has 0 bridgehead atoms. The van der Waals surface area contributed by atoms with Gasteiger partial charge < -0.3 is 14.3 Å². The van der Waals surface area contributed by atoms with Gasteiger partial charge in [-0.15, -0.1) is 0 Å². The van der Waals surface area contributed by atoms with Crippen molar-refractivity contribution < 1.29 is 28.6 Å². The third-order valence-corrected chi connectivity index (χ3v) is 5.70. The predicted octanol–water partition coefficient (Wildman–Crippen LogP) is 4.77. The molecule has 8 nitrogen and oxygen atoms in total. The molecule has 2 aliphatic heterocycles. The normalized spacial score (nSPS) is 16.2. The van der Waals surface area contributed by atoms with Crippen molar-refractivity contribution >= 4 is 46.9 Å². The molecule has 1 N–H and O–H groups in total. The Morgan fingerprint density at radius 1 is 1.15 bits per heavy atom. The average molecular weight is 463 g/mol. The summed E-state index contributed by atoms with van der Waals surface area (Å²) in [7, 11) is 0. The summed E-state index contributed by atoms with van der Waals surface area (Å²) >= 11 is 5.92. The fourth-order valence-corrected chi connectivity index (χ4v) is 3.88. The number of carboxylic acids is 1. The molecule has 5 rings (SSSR count). The molecule has 0 spiro atoms. The molecule has 0 unspecified atom stereocenters. The summed E-state index contributed by atoms with van der Waals surface area (Å²) < 4.78 is 10.9. The van der Waals surface area contributed by atoms with Crippen molar-refractivity contribution in [3.8, 4) is 11.3 Å². The number of carbonyl (C=O) groups excluding carboxylic acids is 2. The third-order valence-electron chi connectivity index (χ3n) is 5.37. The fourth-order valence-electron chi connectivity index (χ4n) is 3.68. The van der Waals surface area contributed by atoms with E-state index in [2.05, 4.69) is 5.10 Å². The Bertz CT molecular complexity index is 1420. The molecule has 0 atom stereocenters. The van der Waals surface area contributed by atoms with E-state index in [0.717, 1.165) is 16.1 Å². The van der Waals surface area contributed by atoms with E-state index >= 15 is 0 Å². The summed E-state index contributed by atoms with van der Waals surface area (Å²) in [5.74, 6) is -0.936.